The molecular formula is C17H20BrN3O2. The van der Waals surface area contributed by atoms with Crippen molar-refractivity contribution in [2.75, 3.05) is 38.3 Å². The fourth-order valence-electron chi connectivity index (χ4n) is 1.95. The van der Waals surface area contributed by atoms with Crippen molar-refractivity contribution in [2.24, 2.45) is 0 Å². The summed E-state index contributed by atoms with van der Waals surface area (Å²) in [5.41, 5.74) is 7.52. The number of nitrogens with two attached hydrogens (primary N) is 1. The van der Waals surface area contributed by atoms with E-state index in [1.165, 1.54) is 0 Å². The molecule has 0 radical (unpaired) electrons. The van der Waals surface area contributed by atoms with Crippen LogP contribution in [0.1, 0.15) is 10.4 Å². The standard InChI is InChI=1S/C17H20BrN3O2/c1-21(2)10-11-23-16-13(18)8-9-14(19)15(16)20-17(22)12-6-4-3-5-7-12/h3-9H,10-11,19H2,1-2H3,(H,20,22). The van der Waals surface area contributed by atoms with Gasteiger partial charge in [0, 0.05) is 12.1 Å². The molecule has 2 rings (SSSR count). The number of carbonyl (C=O) groups excluding carboxylic acids is 1. The van der Waals surface area contributed by atoms with E-state index in [2.05, 4.69) is 21.2 Å². The van der Waals surface area contributed by atoms with Crippen LogP contribution in [0, 0.1) is 0 Å². The lowest BCUT2D eigenvalue weighted by Gasteiger charge is -2.17. The largest absolute Gasteiger partial charge is 0.489 e. The van der Waals surface area contributed by atoms with E-state index in [-0.39, 0.29) is 5.91 Å². The average Bonchev–Trinajstić information content (AvgIpc) is 2.54. The van der Waals surface area contributed by atoms with Gasteiger partial charge in [-0.2, -0.15) is 0 Å². The molecule has 3 N–H and O–H groups in total. The van der Waals surface area contributed by atoms with Gasteiger partial charge in [-0.15, -0.1) is 0 Å². The third-order valence-electron chi connectivity index (χ3n) is 3.20. The zero-order valence-corrected chi connectivity index (χ0v) is 14.8. The predicted octanol–water partition coefficient (Wildman–Crippen LogP) is 3.22. The summed E-state index contributed by atoms with van der Waals surface area (Å²) < 4.78 is 6.56. The fraction of sp³-hybridized carbons (Fsp3) is 0.235. The first kappa shape index (κ1) is 17.3. The van der Waals surface area contributed by atoms with Gasteiger partial charge in [0.15, 0.2) is 5.75 Å². The van der Waals surface area contributed by atoms with Crippen molar-refractivity contribution < 1.29 is 9.53 Å². The van der Waals surface area contributed by atoms with E-state index in [1.807, 2.05) is 37.2 Å². The number of nitrogens with zero attached hydrogens (tertiary/aromatic N) is 1. The van der Waals surface area contributed by atoms with Gasteiger partial charge in [-0.25, -0.2) is 0 Å². The molecule has 2 aromatic carbocycles. The van der Waals surface area contributed by atoms with Gasteiger partial charge in [-0.3, -0.25) is 4.79 Å². The van der Waals surface area contributed by atoms with Gasteiger partial charge in [-0.1, -0.05) is 18.2 Å². The molecule has 122 valence electrons. The molecule has 1 amide bonds. The molecule has 0 unspecified atom stereocenters. The van der Waals surface area contributed by atoms with Gasteiger partial charge < -0.3 is 20.7 Å². The highest BCUT2D eigenvalue weighted by Crippen LogP contribution is 2.38. The van der Waals surface area contributed by atoms with Crippen molar-refractivity contribution in [3.05, 3.63) is 52.5 Å². The van der Waals surface area contributed by atoms with Gasteiger partial charge in [0.05, 0.1) is 10.2 Å². The van der Waals surface area contributed by atoms with Gasteiger partial charge in [0.1, 0.15) is 12.3 Å². The monoisotopic (exact) mass is 377 g/mol. The molecule has 5 nitrogen and oxygen atoms in total. The van der Waals surface area contributed by atoms with Crippen molar-refractivity contribution in [1.82, 2.24) is 4.90 Å². The number of hydrogen-bond acceptors (Lipinski definition) is 4. The van der Waals surface area contributed by atoms with Crippen LogP contribution in [0.3, 0.4) is 0 Å². The van der Waals surface area contributed by atoms with Gasteiger partial charge in [-0.05, 0) is 54.3 Å². The number of carbonyl (C=O) groups is 1. The zero-order valence-electron chi connectivity index (χ0n) is 13.2. The van der Waals surface area contributed by atoms with Crippen LogP contribution in [0.4, 0.5) is 11.4 Å². The van der Waals surface area contributed by atoms with Crippen LogP contribution >= 0.6 is 15.9 Å². The Morgan fingerprint density at radius 3 is 2.57 bits per heavy atom. The molecule has 0 saturated carbocycles. The Kier molecular flexibility index (Phi) is 6.01. The molecule has 0 heterocycles. The molecule has 0 spiro atoms. The normalized spacial score (nSPS) is 10.6. The smallest absolute Gasteiger partial charge is 0.255 e. The van der Waals surface area contributed by atoms with Crippen LogP contribution in [-0.2, 0) is 0 Å². The van der Waals surface area contributed by atoms with E-state index >= 15 is 0 Å². The first-order valence-corrected chi connectivity index (χ1v) is 8.00. The van der Waals surface area contributed by atoms with Crippen LogP contribution in [0.5, 0.6) is 5.75 Å². The number of hydrogen-bond donors (Lipinski definition) is 2. The Balaban J connectivity index is 2.23. The number of anilines is 2. The summed E-state index contributed by atoms with van der Waals surface area (Å²) in [7, 11) is 3.94. The van der Waals surface area contributed by atoms with Crippen molar-refractivity contribution in [3.63, 3.8) is 0 Å². The molecule has 0 saturated heterocycles. The molecule has 0 atom stereocenters. The summed E-state index contributed by atoms with van der Waals surface area (Å²) in [4.78, 5) is 14.4. The highest BCUT2D eigenvalue weighted by Gasteiger charge is 2.16. The van der Waals surface area contributed by atoms with Gasteiger partial charge in [0.2, 0.25) is 0 Å². The summed E-state index contributed by atoms with van der Waals surface area (Å²) >= 11 is 3.45. The predicted molar refractivity (Wildman–Crippen MR) is 97.0 cm³/mol. The Morgan fingerprint density at radius 1 is 1.22 bits per heavy atom. The molecule has 0 aliphatic rings. The molecule has 0 fully saturated rings. The maximum Gasteiger partial charge on any atom is 0.255 e. The third-order valence-corrected chi connectivity index (χ3v) is 3.83. The van der Waals surface area contributed by atoms with E-state index in [0.29, 0.717) is 29.3 Å². The lowest BCUT2D eigenvalue weighted by Crippen LogP contribution is -2.20. The minimum atomic E-state index is -0.229. The van der Waals surface area contributed by atoms with E-state index < -0.39 is 0 Å². The quantitative estimate of drug-likeness (QED) is 0.758. The second kappa shape index (κ2) is 7.99. The van der Waals surface area contributed by atoms with Gasteiger partial charge in [0.25, 0.3) is 5.91 Å². The Bertz CT molecular complexity index is 675. The van der Waals surface area contributed by atoms with E-state index in [9.17, 15) is 4.79 Å². The topological polar surface area (TPSA) is 67.6 Å². The number of ether oxygens (including phenoxy) is 1. The first-order valence-electron chi connectivity index (χ1n) is 7.21. The summed E-state index contributed by atoms with van der Waals surface area (Å²) in [5, 5.41) is 2.84. The van der Waals surface area contributed by atoms with Crippen molar-refractivity contribution in [3.8, 4) is 5.75 Å². The molecule has 0 aliphatic heterocycles. The van der Waals surface area contributed by atoms with Crippen LogP contribution in [0.2, 0.25) is 0 Å². The highest BCUT2D eigenvalue weighted by molar-refractivity contribution is 9.10. The number of benzene rings is 2. The summed E-state index contributed by atoms with van der Waals surface area (Å²) in [6.45, 7) is 1.25. The van der Waals surface area contributed by atoms with Crippen LogP contribution in [-0.4, -0.2) is 38.1 Å². The Labute approximate surface area is 144 Å². The van der Waals surface area contributed by atoms with Gasteiger partial charge >= 0.3 is 0 Å². The maximum absolute atomic E-state index is 12.4. The van der Waals surface area contributed by atoms with Crippen molar-refractivity contribution in [1.29, 1.82) is 0 Å². The van der Waals surface area contributed by atoms with Crippen LogP contribution < -0.4 is 15.8 Å². The number of halogens is 1. The van der Waals surface area contributed by atoms with Crippen molar-refractivity contribution >= 4 is 33.2 Å². The lowest BCUT2D eigenvalue weighted by atomic mass is 10.2. The number of nitrogens with one attached hydrogen (secondary N) is 1. The molecule has 23 heavy (non-hydrogen) atoms. The molecule has 2 aromatic rings. The third kappa shape index (κ3) is 4.71. The summed E-state index contributed by atoms with van der Waals surface area (Å²) in [6, 6.07) is 12.5. The first-order chi connectivity index (χ1) is 11.0. The number of likely N-dealkylation sites (N-methyl/N-ethyl adjacent to an activating group) is 1. The minimum absolute atomic E-state index is 0.229. The average molecular weight is 378 g/mol. The van der Waals surface area contributed by atoms with E-state index in [4.69, 9.17) is 10.5 Å². The number of amides is 1. The maximum atomic E-state index is 12.4. The molecular weight excluding hydrogens is 358 g/mol. The van der Waals surface area contributed by atoms with E-state index in [0.717, 1.165) is 11.0 Å². The Morgan fingerprint density at radius 2 is 1.91 bits per heavy atom. The number of nitrogen functional groups attached to an aromatic ring is 1. The number of rotatable bonds is 6. The second-order valence-corrected chi connectivity index (χ2v) is 6.17. The molecule has 0 bridgehead atoms. The minimum Gasteiger partial charge on any atom is -0.489 e. The molecule has 0 aliphatic carbocycles. The summed E-state index contributed by atoms with van der Waals surface area (Å²) in [5.74, 6) is 0.309. The lowest BCUT2D eigenvalue weighted by molar-refractivity contribution is 0.102. The van der Waals surface area contributed by atoms with E-state index in [1.54, 1.807) is 24.3 Å². The SMILES string of the molecule is CN(C)CCOc1c(Br)ccc(N)c1NC(=O)c1ccccc1. The highest BCUT2D eigenvalue weighted by atomic mass is 79.9. The van der Waals surface area contributed by atoms with Crippen LogP contribution in [0.25, 0.3) is 0 Å². The van der Waals surface area contributed by atoms with Crippen molar-refractivity contribution in [2.45, 2.75) is 0 Å². The van der Waals surface area contributed by atoms with Crippen LogP contribution in [0.15, 0.2) is 46.9 Å². The second-order valence-electron chi connectivity index (χ2n) is 5.31. The summed E-state index contributed by atoms with van der Waals surface area (Å²) in [6.07, 6.45) is 0. The fourth-order valence-corrected chi connectivity index (χ4v) is 2.39. The molecule has 6 heteroatoms. The zero-order chi connectivity index (χ0) is 16.8. The molecule has 0 aromatic heterocycles. The Hall–Kier alpha value is -2.05.